The Bertz CT molecular complexity index is 1530. The summed E-state index contributed by atoms with van der Waals surface area (Å²) >= 11 is 0. The Labute approximate surface area is 423 Å². The SMILES string of the molecule is CC/C=C\C/C=C\C/C=C\C/C=C\C/C=C\C/C=C\C/C=C\C/C=C\CCCCC(=O)OC(COC(=O)CCCCCCCCC/C=C\CCCCCCCCC)COP(=O)([O-])OCC[N+](C)(C)C. The van der Waals surface area contributed by atoms with E-state index in [0.29, 0.717) is 23.9 Å². The molecule has 0 saturated carbocycles. The summed E-state index contributed by atoms with van der Waals surface area (Å²) in [5.41, 5.74) is 0. The number of phosphoric ester groups is 1. The van der Waals surface area contributed by atoms with E-state index in [9.17, 15) is 19.0 Å². The van der Waals surface area contributed by atoms with Gasteiger partial charge in [0.2, 0.25) is 0 Å². The van der Waals surface area contributed by atoms with Crippen LogP contribution in [0.5, 0.6) is 0 Å². The minimum atomic E-state index is -4.65. The molecule has 0 aliphatic heterocycles. The van der Waals surface area contributed by atoms with E-state index in [1.807, 2.05) is 21.1 Å². The van der Waals surface area contributed by atoms with Gasteiger partial charge in [0.25, 0.3) is 7.82 Å². The summed E-state index contributed by atoms with van der Waals surface area (Å²) in [4.78, 5) is 37.8. The van der Waals surface area contributed by atoms with Gasteiger partial charge in [0.1, 0.15) is 19.8 Å². The van der Waals surface area contributed by atoms with Crippen LogP contribution in [0.25, 0.3) is 0 Å². The Morgan fingerprint density at radius 3 is 1.28 bits per heavy atom. The first-order valence-electron chi connectivity index (χ1n) is 27.1. The van der Waals surface area contributed by atoms with Crippen LogP contribution in [0.3, 0.4) is 0 Å². The number of unbranched alkanes of at least 4 members (excludes halogenated alkanes) is 16. The summed E-state index contributed by atoms with van der Waals surface area (Å²) in [7, 11) is 1.12. The monoisotopic (exact) mass is 982 g/mol. The van der Waals surface area contributed by atoms with Crippen LogP contribution in [0, 0.1) is 0 Å². The molecule has 0 aromatic carbocycles. The molecule has 0 aliphatic carbocycles. The molecule has 0 aliphatic rings. The van der Waals surface area contributed by atoms with E-state index in [4.69, 9.17) is 18.5 Å². The quantitative estimate of drug-likeness (QED) is 0.0195. The Hall–Kier alpha value is -3.33. The van der Waals surface area contributed by atoms with Crippen LogP contribution in [-0.4, -0.2) is 70.0 Å². The number of hydrogen-bond acceptors (Lipinski definition) is 8. The van der Waals surface area contributed by atoms with Gasteiger partial charge in [-0.05, 0) is 103 Å². The van der Waals surface area contributed by atoms with Crippen molar-refractivity contribution in [1.29, 1.82) is 0 Å². The van der Waals surface area contributed by atoms with Crippen molar-refractivity contribution in [2.45, 2.75) is 206 Å². The number of rotatable bonds is 48. The molecule has 0 rings (SSSR count). The Morgan fingerprint density at radius 1 is 0.464 bits per heavy atom. The van der Waals surface area contributed by atoms with Crippen LogP contribution >= 0.6 is 7.82 Å². The minimum absolute atomic E-state index is 0.0461. The van der Waals surface area contributed by atoms with Gasteiger partial charge in [-0.15, -0.1) is 0 Å². The first-order valence-corrected chi connectivity index (χ1v) is 28.6. The zero-order chi connectivity index (χ0) is 50.6. The second-order valence-electron chi connectivity index (χ2n) is 18.9. The lowest BCUT2D eigenvalue weighted by Gasteiger charge is -2.28. The molecule has 0 saturated heterocycles. The van der Waals surface area contributed by atoms with Crippen LogP contribution in [0.15, 0.2) is 109 Å². The first-order chi connectivity index (χ1) is 33.5. The first kappa shape index (κ1) is 65.7. The van der Waals surface area contributed by atoms with E-state index in [1.54, 1.807) is 0 Å². The van der Waals surface area contributed by atoms with Crippen molar-refractivity contribution in [2.24, 2.45) is 0 Å². The number of carbonyl (C=O) groups is 2. The van der Waals surface area contributed by atoms with Gasteiger partial charge in [-0.1, -0.05) is 194 Å². The highest BCUT2D eigenvalue weighted by Gasteiger charge is 2.21. The number of quaternary nitrogens is 1. The van der Waals surface area contributed by atoms with Crippen molar-refractivity contribution in [2.75, 3.05) is 47.5 Å². The van der Waals surface area contributed by atoms with E-state index < -0.39 is 32.5 Å². The Kier molecular flexibility index (Phi) is 47.2. The van der Waals surface area contributed by atoms with E-state index in [0.717, 1.165) is 89.9 Å². The van der Waals surface area contributed by atoms with Crippen LogP contribution < -0.4 is 4.89 Å². The summed E-state index contributed by atoms with van der Waals surface area (Å²) in [6, 6.07) is 0. The smallest absolute Gasteiger partial charge is 0.306 e. The van der Waals surface area contributed by atoms with Gasteiger partial charge in [-0.25, -0.2) is 0 Å². The minimum Gasteiger partial charge on any atom is -0.756 e. The number of ether oxygens (including phenoxy) is 2. The lowest BCUT2D eigenvalue weighted by Crippen LogP contribution is -2.37. The maximum Gasteiger partial charge on any atom is 0.306 e. The third-order valence-electron chi connectivity index (χ3n) is 11.0. The molecule has 0 aromatic heterocycles. The zero-order valence-electron chi connectivity index (χ0n) is 44.5. The number of esters is 2. The predicted octanol–water partition coefficient (Wildman–Crippen LogP) is 16.0. The van der Waals surface area contributed by atoms with Crippen molar-refractivity contribution >= 4 is 19.8 Å². The molecule has 0 aromatic rings. The molecule has 9 nitrogen and oxygen atoms in total. The predicted molar refractivity (Wildman–Crippen MR) is 291 cm³/mol. The molecule has 0 fully saturated rings. The topological polar surface area (TPSA) is 111 Å². The fourth-order valence-electron chi connectivity index (χ4n) is 6.84. The van der Waals surface area contributed by atoms with Gasteiger partial charge in [-0.2, -0.15) is 0 Å². The second kappa shape index (κ2) is 49.6. The lowest BCUT2D eigenvalue weighted by atomic mass is 10.1. The summed E-state index contributed by atoms with van der Waals surface area (Å²) in [5.74, 6) is -0.897. The van der Waals surface area contributed by atoms with Crippen LogP contribution in [-0.2, 0) is 32.7 Å². The third-order valence-corrected chi connectivity index (χ3v) is 12.0. The molecule has 2 unspecified atom stereocenters. The van der Waals surface area contributed by atoms with Gasteiger partial charge in [0.15, 0.2) is 6.10 Å². The van der Waals surface area contributed by atoms with Crippen LogP contribution in [0.2, 0.25) is 0 Å². The molecule has 2 atom stereocenters. The highest BCUT2D eigenvalue weighted by Crippen LogP contribution is 2.38. The fraction of sp³-hybridized carbons (Fsp3) is 0.661. The van der Waals surface area contributed by atoms with E-state index in [-0.39, 0.29) is 26.1 Å². The lowest BCUT2D eigenvalue weighted by molar-refractivity contribution is -0.870. The highest BCUT2D eigenvalue weighted by atomic mass is 31.2. The van der Waals surface area contributed by atoms with E-state index in [1.165, 1.54) is 70.6 Å². The van der Waals surface area contributed by atoms with Crippen molar-refractivity contribution in [3.8, 4) is 0 Å². The van der Waals surface area contributed by atoms with Crippen molar-refractivity contribution in [1.82, 2.24) is 0 Å². The van der Waals surface area contributed by atoms with Crippen molar-refractivity contribution < 1.29 is 42.1 Å². The van der Waals surface area contributed by atoms with Crippen molar-refractivity contribution in [3.05, 3.63) is 109 Å². The number of nitrogens with zero attached hydrogens (tertiary/aromatic N) is 1. The number of likely N-dealkylation sites (N-methyl/N-ethyl adjacent to an activating group) is 1. The molecule has 0 bridgehead atoms. The molecule has 0 heterocycles. The number of hydrogen-bond donors (Lipinski definition) is 0. The number of carbonyl (C=O) groups excluding carboxylic acids is 2. The average Bonchev–Trinajstić information content (AvgIpc) is 3.31. The van der Waals surface area contributed by atoms with Crippen LogP contribution in [0.1, 0.15) is 200 Å². The molecule has 394 valence electrons. The van der Waals surface area contributed by atoms with Gasteiger partial charge in [-0.3, -0.25) is 14.2 Å². The molecular weight excluding hydrogens is 882 g/mol. The number of phosphoric acid groups is 1. The third kappa shape index (κ3) is 53.9. The maximum absolute atomic E-state index is 12.8. The molecule has 0 radical (unpaired) electrons. The normalized spacial score (nSPS) is 14.2. The molecule has 0 spiro atoms. The summed E-state index contributed by atoms with van der Waals surface area (Å²) in [5, 5.41) is 0. The Balaban J connectivity index is 4.36. The van der Waals surface area contributed by atoms with Crippen LogP contribution in [0.4, 0.5) is 0 Å². The average molecular weight is 982 g/mol. The Morgan fingerprint density at radius 2 is 0.826 bits per heavy atom. The summed E-state index contributed by atoms with van der Waals surface area (Å²) in [6.45, 7) is 4.05. The van der Waals surface area contributed by atoms with Crippen molar-refractivity contribution in [3.63, 3.8) is 0 Å². The standard InChI is InChI=1S/C59H100NO8P/c1-6-8-10-12-14-16-18-20-22-24-26-27-28-29-30-31-32-33-34-36-38-40-42-44-46-48-50-52-59(62)68-57(56-67-69(63,64)66-54-53-60(3,4)5)55-65-58(61)51-49-47-45-43-41-39-37-35-25-23-21-19-17-15-13-11-9-7-2/h8,10,14,16,20,22-23,25-27,29-30,32-33,36,38,42,44,57H,6-7,9,11-13,15,17-19,21,24,28,31,34-35,37,39-41,43,45-56H2,1-5H3/b10-8-,16-14-,22-20-,25-23-,27-26-,30-29-,33-32-,38-36-,44-42-. The fourth-order valence-corrected chi connectivity index (χ4v) is 7.57. The molecule has 0 N–H and O–H groups in total. The molecular formula is C59H100NO8P. The van der Waals surface area contributed by atoms with Gasteiger partial charge in [0, 0.05) is 12.8 Å². The zero-order valence-corrected chi connectivity index (χ0v) is 45.4. The van der Waals surface area contributed by atoms with E-state index >= 15 is 0 Å². The largest absolute Gasteiger partial charge is 0.756 e. The number of allylic oxidation sites excluding steroid dienone is 18. The highest BCUT2D eigenvalue weighted by molar-refractivity contribution is 7.45. The van der Waals surface area contributed by atoms with Gasteiger partial charge >= 0.3 is 11.9 Å². The van der Waals surface area contributed by atoms with Gasteiger partial charge in [0.05, 0.1) is 27.7 Å². The van der Waals surface area contributed by atoms with E-state index in [2.05, 4.69) is 123 Å². The second-order valence-corrected chi connectivity index (χ2v) is 20.3. The molecule has 10 heteroatoms. The van der Waals surface area contributed by atoms with Gasteiger partial charge < -0.3 is 27.9 Å². The maximum atomic E-state index is 12.8. The molecule has 0 amide bonds. The summed E-state index contributed by atoms with van der Waals surface area (Å²) < 4.78 is 34.0. The molecule has 69 heavy (non-hydrogen) atoms. The summed E-state index contributed by atoms with van der Waals surface area (Å²) in [6.07, 6.45) is 68.4.